The minimum Gasteiger partial charge on any atom is -0.444 e. The summed E-state index contributed by atoms with van der Waals surface area (Å²) in [6.07, 6.45) is 1.56. The van der Waals surface area contributed by atoms with Gasteiger partial charge in [0.05, 0.1) is 16.7 Å². The van der Waals surface area contributed by atoms with Crippen molar-refractivity contribution in [2.45, 2.75) is 46.8 Å². The maximum absolute atomic E-state index is 12.3. The summed E-state index contributed by atoms with van der Waals surface area (Å²) in [6.45, 7) is 13.2. The third kappa shape index (κ3) is 6.25. The number of H-pyrrole nitrogens is 1. The molecule has 4 heterocycles. The summed E-state index contributed by atoms with van der Waals surface area (Å²) in [6, 6.07) is 12.1. The highest BCUT2D eigenvalue weighted by Gasteiger charge is 2.25. The molecule has 1 fully saturated rings. The predicted molar refractivity (Wildman–Crippen MR) is 147 cm³/mol. The van der Waals surface area contributed by atoms with E-state index in [1.165, 1.54) is 0 Å². The Hall–Kier alpha value is -4.05. The van der Waals surface area contributed by atoms with Gasteiger partial charge in [0.25, 0.3) is 0 Å². The van der Waals surface area contributed by atoms with Gasteiger partial charge in [0, 0.05) is 50.2 Å². The summed E-state index contributed by atoms with van der Waals surface area (Å²) in [4.78, 5) is 37.9. The number of hydrogen-bond donors (Lipinski definition) is 2. The minimum atomic E-state index is -0.480. The van der Waals surface area contributed by atoms with E-state index < -0.39 is 5.60 Å². The van der Waals surface area contributed by atoms with Gasteiger partial charge in [-0.25, -0.2) is 24.7 Å². The molecule has 5 rings (SSSR count). The molecule has 0 aliphatic carbocycles. The van der Waals surface area contributed by atoms with E-state index in [2.05, 4.69) is 41.2 Å². The summed E-state index contributed by atoms with van der Waals surface area (Å²) in [5.41, 5.74) is 5.27. The van der Waals surface area contributed by atoms with Crippen LogP contribution in [0.5, 0.6) is 0 Å². The highest BCUT2D eigenvalue weighted by atomic mass is 16.6. The Morgan fingerprint density at radius 2 is 1.82 bits per heavy atom. The molecule has 3 aromatic heterocycles. The van der Waals surface area contributed by atoms with Crippen molar-refractivity contribution in [2.75, 3.05) is 31.5 Å². The SMILES string of the molecule is Cc1cc(-c2ccc3nc(Nc4cc(CN5CCN(C(=O)OC(C)(C)C)CC5)ccn4)[nH]c3c2)nc(C)n1. The molecule has 10 heteroatoms. The molecule has 0 spiro atoms. The zero-order chi connectivity index (χ0) is 26.9. The summed E-state index contributed by atoms with van der Waals surface area (Å²) >= 11 is 0. The third-order valence-electron chi connectivity index (χ3n) is 6.24. The molecule has 1 aliphatic heterocycles. The van der Waals surface area contributed by atoms with Crippen LogP contribution in [0.4, 0.5) is 16.6 Å². The first-order valence-electron chi connectivity index (χ1n) is 12.9. The quantitative estimate of drug-likeness (QED) is 0.390. The van der Waals surface area contributed by atoms with Crippen LogP contribution in [0.15, 0.2) is 42.6 Å². The number of fused-ring (bicyclic) bond motifs is 1. The summed E-state index contributed by atoms with van der Waals surface area (Å²) in [5.74, 6) is 2.10. The lowest BCUT2D eigenvalue weighted by Gasteiger charge is -2.35. The fraction of sp³-hybridized carbons (Fsp3) is 0.393. The van der Waals surface area contributed by atoms with Crippen LogP contribution in [0.25, 0.3) is 22.3 Å². The molecule has 4 aromatic rings. The number of ether oxygens (including phenoxy) is 1. The topological polar surface area (TPSA) is 112 Å². The zero-order valence-electron chi connectivity index (χ0n) is 22.6. The van der Waals surface area contributed by atoms with Crippen LogP contribution < -0.4 is 5.32 Å². The number of hydrogen-bond acceptors (Lipinski definition) is 8. The van der Waals surface area contributed by atoms with Crippen LogP contribution in [-0.2, 0) is 11.3 Å². The smallest absolute Gasteiger partial charge is 0.410 e. The molecule has 10 nitrogen and oxygen atoms in total. The number of rotatable bonds is 5. The lowest BCUT2D eigenvalue weighted by Crippen LogP contribution is -2.49. The number of aromatic nitrogens is 5. The number of pyridine rings is 1. The van der Waals surface area contributed by atoms with Gasteiger partial charge < -0.3 is 19.9 Å². The number of amides is 1. The predicted octanol–water partition coefficient (Wildman–Crippen LogP) is 4.83. The lowest BCUT2D eigenvalue weighted by molar-refractivity contribution is 0.0139. The van der Waals surface area contributed by atoms with Gasteiger partial charge in [0.15, 0.2) is 0 Å². The Labute approximate surface area is 222 Å². The average molecular weight is 515 g/mol. The van der Waals surface area contributed by atoms with Crippen LogP contribution in [0, 0.1) is 13.8 Å². The standard InChI is InChI=1S/C28H34N8O2/c1-18-14-23(31-19(2)30-18)21-6-7-22-24(16-21)33-26(32-22)34-25-15-20(8-9-29-25)17-35-10-12-36(13-11-35)27(37)38-28(3,4)5/h6-9,14-16H,10-13,17H2,1-5H3,(H2,29,32,33,34). The fourth-order valence-corrected chi connectivity index (χ4v) is 4.53. The van der Waals surface area contributed by atoms with Gasteiger partial charge in [-0.3, -0.25) is 4.90 Å². The van der Waals surface area contributed by atoms with Crippen molar-refractivity contribution in [2.24, 2.45) is 0 Å². The Morgan fingerprint density at radius 1 is 1.03 bits per heavy atom. The zero-order valence-corrected chi connectivity index (χ0v) is 22.6. The summed E-state index contributed by atoms with van der Waals surface area (Å²) in [5, 5.41) is 3.30. The van der Waals surface area contributed by atoms with E-state index in [1.807, 2.05) is 65.0 Å². The van der Waals surface area contributed by atoms with Gasteiger partial charge in [0.2, 0.25) is 5.95 Å². The van der Waals surface area contributed by atoms with Gasteiger partial charge in [-0.2, -0.15) is 0 Å². The van der Waals surface area contributed by atoms with Crippen molar-refractivity contribution in [3.05, 3.63) is 59.7 Å². The molecule has 0 unspecified atom stereocenters. The van der Waals surface area contributed by atoms with Gasteiger partial charge in [0.1, 0.15) is 17.2 Å². The molecule has 0 radical (unpaired) electrons. The van der Waals surface area contributed by atoms with Crippen molar-refractivity contribution in [1.82, 2.24) is 34.7 Å². The van der Waals surface area contributed by atoms with Crippen LogP contribution in [0.3, 0.4) is 0 Å². The lowest BCUT2D eigenvalue weighted by atomic mass is 10.1. The summed E-state index contributed by atoms with van der Waals surface area (Å²) < 4.78 is 5.50. The molecule has 1 saturated heterocycles. The van der Waals surface area contributed by atoms with Crippen molar-refractivity contribution in [1.29, 1.82) is 0 Å². The number of aromatic amines is 1. The third-order valence-corrected chi connectivity index (χ3v) is 6.24. The van der Waals surface area contributed by atoms with Gasteiger partial charge in [-0.05, 0) is 70.5 Å². The fourth-order valence-electron chi connectivity index (χ4n) is 4.53. The Kier molecular flexibility index (Phi) is 6.98. The summed E-state index contributed by atoms with van der Waals surface area (Å²) in [7, 11) is 0. The van der Waals surface area contributed by atoms with Crippen molar-refractivity contribution in [3.63, 3.8) is 0 Å². The Morgan fingerprint density at radius 3 is 2.55 bits per heavy atom. The normalized spacial score (nSPS) is 14.6. The molecule has 1 aromatic carbocycles. The van der Waals surface area contributed by atoms with E-state index in [4.69, 9.17) is 4.74 Å². The number of aryl methyl sites for hydroxylation is 2. The van der Waals surface area contributed by atoms with Gasteiger partial charge >= 0.3 is 6.09 Å². The first kappa shape index (κ1) is 25.6. The van der Waals surface area contributed by atoms with E-state index in [0.29, 0.717) is 19.0 Å². The molecule has 0 bridgehead atoms. The number of piperazine rings is 1. The number of benzene rings is 1. The van der Waals surface area contributed by atoms with E-state index in [0.717, 1.165) is 64.8 Å². The number of imidazole rings is 1. The second-order valence-electron chi connectivity index (χ2n) is 10.7. The maximum Gasteiger partial charge on any atom is 0.410 e. The molecule has 1 amide bonds. The number of carbonyl (C=O) groups excluding carboxylic acids is 1. The monoisotopic (exact) mass is 514 g/mol. The molecule has 198 valence electrons. The molecule has 2 N–H and O–H groups in total. The van der Waals surface area contributed by atoms with Crippen LogP contribution in [0.2, 0.25) is 0 Å². The highest BCUT2D eigenvalue weighted by Crippen LogP contribution is 2.25. The van der Waals surface area contributed by atoms with E-state index in [9.17, 15) is 4.79 Å². The highest BCUT2D eigenvalue weighted by molar-refractivity contribution is 5.83. The van der Waals surface area contributed by atoms with E-state index in [-0.39, 0.29) is 6.09 Å². The number of nitrogens with zero attached hydrogens (tertiary/aromatic N) is 6. The maximum atomic E-state index is 12.3. The first-order chi connectivity index (χ1) is 18.1. The van der Waals surface area contributed by atoms with E-state index >= 15 is 0 Å². The van der Waals surface area contributed by atoms with Gasteiger partial charge in [-0.1, -0.05) is 6.07 Å². The second kappa shape index (κ2) is 10.4. The molecule has 38 heavy (non-hydrogen) atoms. The van der Waals surface area contributed by atoms with Crippen LogP contribution in [0.1, 0.15) is 37.9 Å². The molecule has 1 aliphatic rings. The van der Waals surface area contributed by atoms with Crippen LogP contribution in [-0.4, -0.2) is 72.6 Å². The number of carbonyl (C=O) groups is 1. The van der Waals surface area contributed by atoms with Crippen molar-refractivity contribution >= 4 is 28.9 Å². The molecular formula is C28H34N8O2. The van der Waals surface area contributed by atoms with Crippen molar-refractivity contribution in [3.8, 4) is 11.3 Å². The first-order valence-corrected chi connectivity index (χ1v) is 12.9. The minimum absolute atomic E-state index is 0.243. The Bertz CT molecular complexity index is 1430. The second-order valence-corrected chi connectivity index (χ2v) is 10.7. The number of nitrogens with one attached hydrogen (secondary N) is 2. The Balaban J connectivity index is 1.22. The number of anilines is 2. The molecule has 0 saturated carbocycles. The van der Waals surface area contributed by atoms with Crippen molar-refractivity contribution < 1.29 is 9.53 Å². The molecular weight excluding hydrogens is 480 g/mol. The average Bonchev–Trinajstić information content (AvgIpc) is 3.24. The van der Waals surface area contributed by atoms with E-state index in [1.54, 1.807) is 11.1 Å². The molecule has 0 atom stereocenters. The van der Waals surface area contributed by atoms with Crippen LogP contribution >= 0.6 is 0 Å². The van der Waals surface area contributed by atoms with Gasteiger partial charge in [-0.15, -0.1) is 0 Å². The largest absolute Gasteiger partial charge is 0.444 e.